The molecule has 1 heterocycles. The predicted octanol–water partition coefficient (Wildman–Crippen LogP) is 2.43. The maximum Gasteiger partial charge on any atom is 0.244 e. The molecule has 1 aromatic rings. The molecule has 0 spiro atoms. The van der Waals surface area contributed by atoms with Crippen LogP contribution in [-0.2, 0) is 10.2 Å². The van der Waals surface area contributed by atoms with Crippen LogP contribution in [0.25, 0.3) is 0 Å². The molecule has 6 heteroatoms. The topological polar surface area (TPSA) is 58.1 Å². The molecule has 1 amide bonds. The molecule has 0 aliphatic carbocycles. The zero-order valence-corrected chi connectivity index (χ0v) is 13.9. The second-order valence-electron chi connectivity index (χ2n) is 5.75. The lowest BCUT2D eigenvalue weighted by Gasteiger charge is -2.21. The van der Waals surface area contributed by atoms with Gasteiger partial charge in [-0.3, -0.25) is 4.79 Å². The molecule has 1 rings (SSSR count). The Morgan fingerprint density at radius 2 is 1.95 bits per heavy atom. The summed E-state index contributed by atoms with van der Waals surface area (Å²) in [5.74, 6) is 1.38. The summed E-state index contributed by atoms with van der Waals surface area (Å²) >= 11 is 3.37. The lowest BCUT2D eigenvalue weighted by molar-refractivity contribution is -0.129. The SMILES string of the molecule is CC(Nc1cc(Br)nc(C(C)(C)C)n1)C(=O)N(C)C. The molecule has 0 saturated carbocycles. The van der Waals surface area contributed by atoms with Crippen molar-refractivity contribution in [3.05, 3.63) is 16.5 Å². The Kier molecular flexibility index (Phi) is 4.90. The zero-order chi connectivity index (χ0) is 14.8. The minimum atomic E-state index is -0.329. The van der Waals surface area contributed by atoms with E-state index in [1.807, 2.05) is 27.7 Å². The van der Waals surface area contributed by atoms with E-state index < -0.39 is 0 Å². The molecule has 0 aromatic carbocycles. The highest BCUT2D eigenvalue weighted by Crippen LogP contribution is 2.22. The number of amides is 1. The second kappa shape index (κ2) is 5.86. The van der Waals surface area contributed by atoms with E-state index in [1.165, 1.54) is 0 Å². The van der Waals surface area contributed by atoms with Gasteiger partial charge < -0.3 is 10.2 Å². The van der Waals surface area contributed by atoms with Crippen LogP contribution in [0.4, 0.5) is 5.82 Å². The van der Waals surface area contributed by atoms with Crippen LogP contribution in [0.3, 0.4) is 0 Å². The number of aromatic nitrogens is 2. The van der Waals surface area contributed by atoms with E-state index in [0.717, 1.165) is 5.82 Å². The highest BCUT2D eigenvalue weighted by Gasteiger charge is 2.20. The Bertz CT molecular complexity index is 468. The van der Waals surface area contributed by atoms with E-state index in [1.54, 1.807) is 25.1 Å². The molecule has 1 atom stereocenters. The normalized spacial score (nSPS) is 13.0. The van der Waals surface area contributed by atoms with Crippen molar-refractivity contribution in [2.75, 3.05) is 19.4 Å². The Hall–Kier alpha value is -1.17. The second-order valence-corrected chi connectivity index (χ2v) is 6.56. The van der Waals surface area contributed by atoms with Gasteiger partial charge in [0.2, 0.25) is 5.91 Å². The van der Waals surface area contributed by atoms with Crippen LogP contribution >= 0.6 is 15.9 Å². The molecule has 106 valence electrons. The van der Waals surface area contributed by atoms with Crippen molar-refractivity contribution in [3.63, 3.8) is 0 Å². The van der Waals surface area contributed by atoms with E-state index in [4.69, 9.17) is 0 Å². The molecule has 0 aliphatic heterocycles. The monoisotopic (exact) mass is 328 g/mol. The van der Waals surface area contributed by atoms with Crippen molar-refractivity contribution in [1.82, 2.24) is 14.9 Å². The van der Waals surface area contributed by atoms with Gasteiger partial charge in [0.15, 0.2) is 0 Å². The molecule has 19 heavy (non-hydrogen) atoms. The van der Waals surface area contributed by atoms with Gasteiger partial charge in [-0.1, -0.05) is 20.8 Å². The van der Waals surface area contributed by atoms with Crippen LogP contribution in [0.1, 0.15) is 33.5 Å². The number of hydrogen-bond donors (Lipinski definition) is 1. The van der Waals surface area contributed by atoms with Crippen molar-refractivity contribution in [3.8, 4) is 0 Å². The van der Waals surface area contributed by atoms with Crippen molar-refractivity contribution in [2.24, 2.45) is 0 Å². The largest absolute Gasteiger partial charge is 0.358 e. The molecule has 0 bridgehead atoms. The van der Waals surface area contributed by atoms with Crippen LogP contribution in [0, 0.1) is 0 Å². The highest BCUT2D eigenvalue weighted by molar-refractivity contribution is 9.10. The quantitative estimate of drug-likeness (QED) is 0.866. The summed E-state index contributed by atoms with van der Waals surface area (Å²) < 4.78 is 0.708. The van der Waals surface area contributed by atoms with Crippen molar-refractivity contribution < 1.29 is 4.79 Å². The molecule has 0 saturated heterocycles. The first kappa shape index (κ1) is 15.9. The van der Waals surface area contributed by atoms with Gasteiger partial charge in [-0.25, -0.2) is 9.97 Å². The lowest BCUT2D eigenvalue weighted by atomic mass is 9.96. The number of rotatable bonds is 3. The average Bonchev–Trinajstić information content (AvgIpc) is 2.25. The number of carbonyl (C=O) groups is 1. The van der Waals surface area contributed by atoms with E-state index in [9.17, 15) is 4.79 Å². The maximum absolute atomic E-state index is 11.8. The Labute approximate surface area is 122 Å². The molecule has 1 N–H and O–H groups in total. The number of carbonyl (C=O) groups excluding carboxylic acids is 1. The summed E-state index contributed by atoms with van der Waals surface area (Å²) in [5, 5.41) is 3.10. The van der Waals surface area contributed by atoms with Crippen LogP contribution in [0.2, 0.25) is 0 Å². The van der Waals surface area contributed by atoms with E-state index >= 15 is 0 Å². The summed E-state index contributed by atoms with van der Waals surface area (Å²) in [6.07, 6.45) is 0. The lowest BCUT2D eigenvalue weighted by Crippen LogP contribution is -2.37. The number of halogens is 1. The molecule has 0 fully saturated rings. The van der Waals surface area contributed by atoms with Crippen LogP contribution in [-0.4, -0.2) is 40.9 Å². The summed E-state index contributed by atoms with van der Waals surface area (Å²) in [7, 11) is 3.47. The third-order valence-electron chi connectivity index (χ3n) is 2.54. The number of hydrogen-bond acceptors (Lipinski definition) is 4. The smallest absolute Gasteiger partial charge is 0.244 e. The standard InChI is InChI=1S/C13H21BrN4O/c1-8(11(19)18(5)6)15-10-7-9(14)16-12(17-10)13(2,3)4/h7-8H,1-6H3,(H,15,16,17). The number of nitrogens with one attached hydrogen (secondary N) is 1. The average molecular weight is 329 g/mol. The zero-order valence-electron chi connectivity index (χ0n) is 12.3. The summed E-state index contributed by atoms with van der Waals surface area (Å²) in [5.41, 5.74) is -0.144. The molecule has 1 unspecified atom stereocenters. The first-order chi connectivity index (χ1) is 8.61. The van der Waals surface area contributed by atoms with Gasteiger partial charge in [0.05, 0.1) is 0 Å². The first-order valence-corrected chi connectivity index (χ1v) is 6.93. The molecular formula is C13H21BrN4O. The minimum absolute atomic E-state index is 0.00652. The highest BCUT2D eigenvalue weighted by atomic mass is 79.9. The fourth-order valence-electron chi connectivity index (χ4n) is 1.50. The Morgan fingerprint density at radius 3 is 2.42 bits per heavy atom. The van der Waals surface area contributed by atoms with Gasteiger partial charge in [0.25, 0.3) is 0 Å². The van der Waals surface area contributed by atoms with Gasteiger partial charge >= 0.3 is 0 Å². The van der Waals surface area contributed by atoms with Gasteiger partial charge in [-0.2, -0.15) is 0 Å². The Balaban J connectivity index is 2.96. The molecule has 0 radical (unpaired) electrons. The fourth-order valence-corrected chi connectivity index (χ4v) is 1.88. The van der Waals surface area contributed by atoms with E-state index in [0.29, 0.717) is 10.4 Å². The summed E-state index contributed by atoms with van der Waals surface area (Å²) in [6.45, 7) is 7.96. The Morgan fingerprint density at radius 1 is 1.37 bits per heavy atom. The summed E-state index contributed by atoms with van der Waals surface area (Å²) in [4.78, 5) is 22.2. The van der Waals surface area contributed by atoms with Gasteiger partial charge in [-0.15, -0.1) is 0 Å². The predicted molar refractivity (Wildman–Crippen MR) is 80.2 cm³/mol. The fraction of sp³-hybridized carbons (Fsp3) is 0.615. The first-order valence-electron chi connectivity index (χ1n) is 6.14. The molecule has 1 aromatic heterocycles. The number of likely N-dealkylation sites (N-methyl/N-ethyl adjacent to an activating group) is 1. The molecular weight excluding hydrogens is 308 g/mol. The molecule has 0 aliphatic rings. The number of nitrogens with zero attached hydrogens (tertiary/aromatic N) is 3. The van der Waals surface area contributed by atoms with E-state index in [2.05, 4.69) is 31.2 Å². The van der Waals surface area contributed by atoms with Crippen molar-refractivity contribution in [2.45, 2.75) is 39.2 Å². The van der Waals surface area contributed by atoms with Crippen molar-refractivity contribution >= 4 is 27.7 Å². The van der Waals surface area contributed by atoms with Crippen LogP contribution in [0.15, 0.2) is 10.7 Å². The maximum atomic E-state index is 11.8. The molecule has 5 nitrogen and oxygen atoms in total. The van der Waals surface area contributed by atoms with Crippen LogP contribution in [0.5, 0.6) is 0 Å². The van der Waals surface area contributed by atoms with Crippen LogP contribution < -0.4 is 5.32 Å². The third-order valence-corrected chi connectivity index (χ3v) is 2.95. The van der Waals surface area contributed by atoms with Gasteiger partial charge in [0.1, 0.15) is 22.3 Å². The van der Waals surface area contributed by atoms with Gasteiger partial charge in [0, 0.05) is 25.6 Å². The minimum Gasteiger partial charge on any atom is -0.358 e. The van der Waals surface area contributed by atoms with Crippen molar-refractivity contribution in [1.29, 1.82) is 0 Å². The summed E-state index contributed by atoms with van der Waals surface area (Å²) in [6, 6.07) is 1.44. The van der Waals surface area contributed by atoms with Gasteiger partial charge in [-0.05, 0) is 22.9 Å². The third kappa shape index (κ3) is 4.45. The van der Waals surface area contributed by atoms with E-state index in [-0.39, 0.29) is 17.4 Å². The number of anilines is 1.